The average Bonchev–Trinajstić information content (AvgIpc) is 2.35. The Morgan fingerprint density at radius 3 is 3.18 bits per heavy atom. The Bertz CT molecular complexity index is 299. The molecule has 1 aromatic heterocycles. The van der Waals surface area contributed by atoms with Crippen LogP contribution >= 0.6 is 0 Å². The molecule has 58 valence electrons. The first-order valence-corrected chi connectivity index (χ1v) is 3.51. The Balaban J connectivity index is 2.52. The van der Waals surface area contributed by atoms with E-state index in [9.17, 15) is 0 Å². The lowest BCUT2D eigenvalue weighted by molar-refractivity contribution is 0.678. The molecule has 0 amide bonds. The molecule has 1 aromatic rings. The molecule has 11 heavy (non-hydrogen) atoms. The van der Waals surface area contributed by atoms with Crippen LogP contribution in [0.3, 0.4) is 0 Å². The summed E-state index contributed by atoms with van der Waals surface area (Å²) in [4.78, 5) is 4.01. The average molecular weight is 150 g/mol. The first kappa shape index (κ1) is 6.42. The lowest BCUT2D eigenvalue weighted by atomic mass is 10.3. The highest BCUT2D eigenvalue weighted by Crippen LogP contribution is 2.16. The lowest BCUT2D eigenvalue weighted by Crippen LogP contribution is -2.26. The summed E-state index contributed by atoms with van der Waals surface area (Å²) < 4.78 is 1.93. The fraction of sp³-hybridized carbons (Fsp3) is 0.286. The molecule has 0 fully saturated rings. The van der Waals surface area contributed by atoms with E-state index in [2.05, 4.69) is 10.4 Å². The van der Waals surface area contributed by atoms with Gasteiger partial charge in [0.25, 0.3) is 0 Å². The van der Waals surface area contributed by atoms with Crippen LogP contribution in [0.1, 0.15) is 17.6 Å². The summed E-state index contributed by atoms with van der Waals surface area (Å²) in [6, 6.07) is 3.99. The molecule has 2 rings (SSSR count). The van der Waals surface area contributed by atoms with Gasteiger partial charge >= 0.3 is 0 Å². The number of nitrogens with two attached hydrogens (primary N) is 1. The Morgan fingerprint density at radius 1 is 1.64 bits per heavy atom. The number of aromatic nitrogens is 1. The molecule has 1 atom stereocenters. The number of rotatable bonds is 0. The molecule has 0 saturated carbocycles. The molecule has 0 aromatic carbocycles. The van der Waals surface area contributed by atoms with Crippen molar-refractivity contribution in [3.05, 3.63) is 23.5 Å². The smallest absolute Gasteiger partial charge is 0.141 e. The summed E-state index contributed by atoms with van der Waals surface area (Å²) in [7, 11) is 0. The van der Waals surface area contributed by atoms with Crippen molar-refractivity contribution >= 4 is 6.34 Å². The number of aryl methyl sites for hydroxylation is 1. The zero-order chi connectivity index (χ0) is 7.84. The number of fused-ring (bicyclic) bond motifs is 1. The van der Waals surface area contributed by atoms with Crippen LogP contribution in [-0.4, -0.2) is 11.0 Å². The van der Waals surface area contributed by atoms with Gasteiger partial charge in [-0.1, -0.05) is 0 Å². The van der Waals surface area contributed by atoms with Gasteiger partial charge in [-0.2, -0.15) is 0 Å². The molecule has 1 unspecified atom stereocenters. The van der Waals surface area contributed by atoms with Gasteiger partial charge in [-0.05, 0) is 19.1 Å². The van der Waals surface area contributed by atoms with Crippen LogP contribution in [0.25, 0.3) is 0 Å². The number of hydrogen-bond acceptors (Lipinski definition) is 3. The van der Waals surface area contributed by atoms with Gasteiger partial charge < -0.3 is 5.73 Å². The zero-order valence-corrected chi connectivity index (χ0v) is 6.28. The molecule has 4 nitrogen and oxygen atoms in total. The highest BCUT2D eigenvalue weighted by atomic mass is 15.4. The molecular formula is C7H10N4. The normalized spacial score (nSPS) is 21.1. The Morgan fingerprint density at radius 2 is 2.45 bits per heavy atom. The second-order valence-corrected chi connectivity index (χ2v) is 2.59. The van der Waals surface area contributed by atoms with Crippen molar-refractivity contribution in [3.8, 4) is 0 Å². The molecular weight excluding hydrogens is 140 g/mol. The summed E-state index contributed by atoms with van der Waals surface area (Å²) in [5.74, 6) is 0. The predicted octanol–water partition coefficient (Wildman–Crippen LogP) is 0.339. The third-order valence-electron chi connectivity index (χ3n) is 1.83. The molecule has 0 radical (unpaired) electrons. The van der Waals surface area contributed by atoms with Crippen LogP contribution < -0.4 is 11.2 Å². The van der Waals surface area contributed by atoms with Gasteiger partial charge in [0, 0.05) is 5.69 Å². The molecule has 0 spiro atoms. The van der Waals surface area contributed by atoms with Gasteiger partial charge in [0.1, 0.15) is 12.5 Å². The molecule has 2 heterocycles. The Labute approximate surface area is 64.7 Å². The summed E-state index contributed by atoms with van der Waals surface area (Å²) >= 11 is 0. The number of hydrogen-bond donors (Lipinski definition) is 2. The monoisotopic (exact) mass is 150 g/mol. The predicted molar refractivity (Wildman–Crippen MR) is 44.0 cm³/mol. The van der Waals surface area contributed by atoms with Crippen molar-refractivity contribution < 1.29 is 0 Å². The Hall–Kier alpha value is -1.29. The van der Waals surface area contributed by atoms with Gasteiger partial charge in [-0.25, -0.2) is 4.99 Å². The standard InChI is InChI=1S/C7H10N4/c1-5-2-3-6-7(8)9-4-10-11(5)6/h2-4,7H,8H2,1H3,(H,9,10). The van der Waals surface area contributed by atoms with E-state index in [1.54, 1.807) is 6.34 Å². The van der Waals surface area contributed by atoms with Gasteiger partial charge in [-0.3, -0.25) is 10.1 Å². The lowest BCUT2D eigenvalue weighted by Gasteiger charge is -2.17. The SMILES string of the molecule is Cc1ccc2n1NC=NC2N. The number of aliphatic imine (C=N–C) groups is 1. The second kappa shape index (κ2) is 2.10. The van der Waals surface area contributed by atoms with Crippen LogP contribution in [0.5, 0.6) is 0 Å². The van der Waals surface area contributed by atoms with Crippen molar-refractivity contribution in [2.75, 3.05) is 5.43 Å². The maximum absolute atomic E-state index is 5.70. The number of nitrogens with zero attached hydrogens (tertiary/aromatic N) is 2. The molecule has 1 aliphatic rings. The minimum absolute atomic E-state index is 0.218. The fourth-order valence-electron chi connectivity index (χ4n) is 1.21. The van der Waals surface area contributed by atoms with Gasteiger partial charge in [-0.15, -0.1) is 0 Å². The first-order chi connectivity index (χ1) is 5.29. The van der Waals surface area contributed by atoms with Gasteiger partial charge in [0.2, 0.25) is 0 Å². The summed E-state index contributed by atoms with van der Waals surface area (Å²) in [5, 5.41) is 0. The van der Waals surface area contributed by atoms with Crippen LogP contribution in [0.4, 0.5) is 0 Å². The van der Waals surface area contributed by atoms with Crippen LogP contribution in [-0.2, 0) is 0 Å². The summed E-state index contributed by atoms with van der Waals surface area (Å²) in [6.07, 6.45) is 1.40. The molecule has 0 saturated heterocycles. The zero-order valence-electron chi connectivity index (χ0n) is 6.28. The van der Waals surface area contributed by atoms with Crippen molar-refractivity contribution in [2.45, 2.75) is 13.1 Å². The van der Waals surface area contributed by atoms with E-state index in [0.717, 1.165) is 11.4 Å². The quantitative estimate of drug-likeness (QED) is 0.560. The molecule has 3 N–H and O–H groups in total. The van der Waals surface area contributed by atoms with Crippen LogP contribution in [0.2, 0.25) is 0 Å². The maximum Gasteiger partial charge on any atom is 0.141 e. The van der Waals surface area contributed by atoms with Gasteiger partial charge in [0.15, 0.2) is 0 Å². The largest absolute Gasteiger partial charge is 0.305 e. The van der Waals surface area contributed by atoms with Crippen molar-refractivity contribution in [1.29, 1.82) is 0 Å². The third kappa shape index (κ3) is 0.832. The van der Waals surface area contributed by atoms with E-state index in [4.69, 9.17) is 5.73 Å². The minimum Gasteiger partial charge on any atom is -0.305 e. The van der Waals surface area contributed by atoms with Crippen molar-refractivity contribution in [2.24, 2.45) is 10.7 Å². The van der Waals surface area contributed by atoms with E-state index in [-0.39, 0.29) is 6.17 Å². The summed E-state index contributed by atoms with van der Waals surface area (Å²) in [6.45, 7) is 2.02. The number of nitrogens with one attached hydrogen (secondary N) is 1. The van der Waals surface area contributed by atoms with E-state index >= 15 is 0 Å². The maximum atomic E-state index is 5.70. The molecule has 1 aliphatic heterocycles. The van der Waals surface area contributed by atoms with Gasteiger partial charge in [0.05, 0.1) is 5.69 Å². The van der Waals surface area contributed by atoms with E-state index < -0.39 is 0 Å². The first-order valence-electron chi connectivity index (χ1n) is 3.51. The molecule has 0 bridgehead atoms. The fourth-order valence-corrected chi connectivity index (χ4v) is 1.21. The molecule has 4 heteroatoms. The van der Waals surface area contributed by atoms with E-state index in [1.807, 2.05) is 23.7 Å². The topological polar surface area (TPSA) is 55.3 Å². The highest BCUT2D eigenvalue weighted by molar-refractivity contribution is 5.66. The summed E-state index contributed by atoms with van der Waals surface area (Å²) in [5.41, 5.74) is 10.8. The van der Waals surface area contributed by atoms with Crippen molar-refractivity contribution in [3.63, 3.8) is 0 Å². The van der Waals surface area contributed by atoms with Crippen molar-refractivity contribution in [1.82, 2.24) is 4.68 Å². The molecule has 0 aliphatic carbocycles. The second-order valence-electron chi connectivity index (χ2n) is 2.59. The van der Waals surface area contributed by atoms with Crippen LogP contribution in [0.15, 0.2) is 17.1 Å². The van der Waals surface area contributed by atoms with E-state index in [0.29, 0.717) is 0 Å². The van der Waals surface area contributed by atoms with E-state index in [1.165, 1.54) is 0 Å². The highest BCUT2D eigenvalue weighted by Gasteiger charge is 2.13. The van der Waals surface area contributed by atoms with Crippen LogP contribution in [0, 0.1) is 6.92 Å². The Kier molecular flexibility index (Phi) is 1.22. The third-order valence-corrected chi connectivity index (χ3v) is 1.83. The minimum atomic E-state index is -0.218.